The van der Waals surface area contributed by atoms with Crippen molar-refractivity contribution >= 4 is 33.3 Å². The van der Waals surface area contributed by atoms with Crippen LogP contribution in [0.2, 0.25) is 5.02 Å². The molecule has 0 atom stereocenters. The van der Waals surface area contributed by atoms with Crippen LogP contribution in [0, 0.1) is 6.92 Å². The maximum Gasteiger partial charge on any atom is 0.218 e. The summed E-state index contributed by atoms with van der Waals surface area (Å²) in [5.74, 6) is 2.27. The van der Waals surface area contributed by atoms with Gasteiger partial charge in [-0.25, -0.2) is 18.4 Å². The number of nitrogens with zero attached hydrogens (tertiary/aromatic N) is 4. The molecule has 9 heteroatoms. The molecule has 2 aromatic rings. The van der Waals surface area contributed by atoms with Crippen molar-refractivity contribution in [2.45, 2.75) is 19.6 Å². The number of benzene rings is 1. The second-order valence-corrected chi connectivity index (χ2v) is 8.87. The van der Waals surface area contributed by atoms with Crippen molar-refractivity contribution in [1.29, 1.82) is 0 Å². The van der Waals surface area contributed by atoms with Gasteiger partial charge in [-0.1, -0.05) is 23.7 Å². The van der Waals surface area contributed by atoms with Crippen molar-refractivity contribution < 1.29 is 8.42 Å². The van der Waals surface area contributed by atoms with Crippen molar-refractivity contribution in [3.63, 3.8) is 0 Å². The van der Waals surface area contributed by atoms with Crippen molar-refractivity contribution in [2.24, 2.45) is 0 Å². The Bertz CT molecular complexity index is 898. The van der Waals surface area contributed by atoms with E-state index >= 15 is 0 Å². The van der Waals surface area contributed by atoms with Gasteiger partial charge in [-0.05, 0) is 31.5 Å². The highest BCUT2D eigenvalue weighted by molar-refractivity contribution is 7.88. The molecule has 27 heavy (non-hydrogen) atoms. The predicted molar refractivity (Wildman–Crippen MR) is 109 cm³/mol. The topological polar surface area (TPSA) is 78.4 Å². The third kappa shape index (κ3) is 5.09. The lowest BCUT2D eigenvalue weighted by Crippen LogP contribution is -2.49. The van der Waals surface area contributed by atoms with E-state index in [2.05, 4.69) is 20.2 Å². The fourth-order valence-electron chi connectivity index (χ4n) is 3.11. The maximum absolute atomic E-state index is 12.7. The number of sulfonamides is 1. The highest BCUT2D eigenvalue weighted by atomic mass is 35.5. The first-order valence-corrected chi connectivity index (χ1v) is 10.9. The SMILES string of the molecule is CCNc1cc(N2CCN(S(=O)(=O)Cc3cccc(Cl)c3)CC2)nc(C)n1. The van der Waals surface area contributed by atoms with Gasteiger partial charge < -0.3 is 10.2 Å². The Kier molecular flexibility index (Phi) is 6.18. The van der Waals surface area contributed by atoms with Gasteiger partial charge in [0, 0.05) is 43.8 Å². The molecule has 0 aliphatic carbocycles. The predicted octanol–water partition coefficient (Wildman–Crippen LogP) is 2.52. The lowest BCUT2D eigenvalue weighted by atomic mass is 10.2. The van der Waals surface area contributed by atoms with Gasteiger partial charge in [-0.3, -0.25) is 0 Å². The van der Waals surface area contributed by atoms with Crippen LogP contribution in [0.15, 0.2) is 30.3 Å². The highest BCUT2D eigenvalue weighted by Gasteiger charge is 2.28. The fraction of sp³-hybridized carbons (Fsp3) is 0.444. The fourth-order valence-corrected chi connectivity index (χ4v) is 4.83. The average molecular weight is 410 g/mol. The summed E-state index contributed by atoms with van der Waals surface area (Å²) in [7, 11) is -3.38. The first-order valence-electron chi connectivity index (χ1n) is 8.94. The van der Waals surface area contributed by atoms with Gasteiger partial charge in [0.05, 0.1) is 5.75 Å². The van der Waals surface area contributed by atoms with Crippen molar-refractivity contribution in [2.75, 3.05) is 42.9 Å². The molecule has 0 radical (unpaired) electrons. The number of piperazine rings is 1. The molecule has 0 bridgehead atoms. The van der Waals surface area contributed by atoms with Gasteiger partial charge in [-0.2, -0.15) is 4.31 Å². The standard InChI is InChI=1S/C18H24ClN5O2S/c1-3-20-17-12-18(22-14(2)21-17)23-7-9-24(10-8-23)27(25,26)13-15-5-4-6-16(19)11-15/h4-6,11-12H,3,7-10,13H2,1-2H3,(H,20,21,22). The van der Waals surface area contributed by atoms with Gasteiger partial charge in [0.25, 0.3) is 0 Å². The number of aromatic nitrogens is 2. The van der Waals surface area contributed by atoms with E-state index in [0.29, 0.717) is 42.6 Å². The number of anilines is 2. The summed E-state index contributed by atoms with van der Waals surface area (Å²) in [5.41, 5.74) is 0.701. The van der Waals surface area contributed by atoms with Crippen LogP contribution < -0.4 is 10.2 Å². The third-order valence-electron chi connectivity index (χ3n) is 4.38. The van der Waals surface area contributed by atoms with E-state index in [-0.39, 0.29) is 5.75 Å². The molecule has 7 nitrogen and oxygen atoms in total. The van der Waals surface area contributed by atoms with Crippen molar-refractivity contribution in [1.82, 2.24) is 14.3 Å². The molecular formula is C18H24ClN5O2S. The Hall–Kier alpha value is -1.90. The lowest BCUT2D eigenvalue weighted by Gasteiger charge is -2.34. The molecule has 0 saturated carbocycles. The molecule has 3 rings (SSSR count). The number of hydrogen-bond acceptors (Lipinski definition) is 6. The van der Waals surface area contributed by atoms with E-state index in [1.165, 1.54) is 0 Å². The Morgan fingerprint density at radius 1 is 1.15 bits per heavy atom. The second kappa shape index (κ2) is 8.41. The minimum atomic E-state index is -3.38. The van der Waals surface area contributed by atoms with Gasteiger partial charge in [-0.15, -0.1) is 0 Å². The minimum Gasteiger partial charge on any atom is -0.370 e. The number of hydrogen-bond donors (Lipinski definition) is 1. The zero-order chi connectivity index (χ0) is 19.4. The van der Waals surface area contributed by atoms with E-state index < -0.39 is 10.0 Å². The summed E-state index contributed by atoms with van der Waals surface area (Å²) in [6, 6.07) is 8.89. The smallest absolute Gasteiger partial charge is 0.218 e. The van der Waals surface area contributed by atoms with Crippen LogP contribution in [0.25, 0.3) is 0 Å². The van der Waals surface area contributed by atoms with Crippen LogP contribution in [-0.4, -0.2) is 55.4 Å². The molecular weight excluding hydrogens is 386 g/mol. The number of rotatable bonds is 6. The van der Waals surface area contributed by atoms with Gasteiger partial charge in [0.1, 0.15) is 17.5 Å². The Balaban J connectivity index is 1.66. The monoisotopic (exact) mass is 409 g/mol. The second-order valence-electron chi connectivity index (χ2n) is 6.46. The van der Waals surface area contributed by atoms with Crippen LogP contribution in [-0.2, 0) is 15.8 Å². The molecule has 1 aliphatic heterocycles. The maximum atomic E-state index is 12.7. The first kappa shape index (κ1) is 19.9. The van der Waals surface area contributed by atoms with Gasteiger partial charge >= 0.3 is 0 Å². The van der Waals surface area contributed by atoms with Gasteiger partial charge in [0.15, 0.2) is 0 Å². The summed E-state index contributed by atoms with van der Waals surface area (Å²) in [6.07, 6.45) is 0. The van der Waals surface area contributed by atoms with Crippen LogP contribution in [0.1, 0.15) is 18.3 Å². The molecule has 1 aliphatic rings. The average Bonchev–Trinajstić information content (AvgIpc) is 2.61. The molecule has 1 aromatic carbocycles. The molecule has 1 N–H and O–H groups in total. The quantitative estimate of drug-likeness (QED) is 0.789. The largest absolute Gasteiger partial charge is 0.370 e. The molecule has 146 valence electrons. The van der Waals surface area contributed by atoms with Crippen LogP contribution in [0.5, 0.6) is 0 Å². The summed E-state index contributed by atoms with van der Waals surface area (Å²) in [4.78, 5) is 11.0. The minimum absolute atomic E-state index is 0.0370. The lowest BCUT2D eigenvalue weighted by molar-refractivity contribution is 0.383. The Morgan fingerprint density at radius 2 is 1.89 bits per heavy atom. The van der Waals surface area contributed by atoms with E-state index in [0.717, 1.165) is 18.2 Å². The van der Waals surface area contributed by atoms with Crippen molar-refractivity contribution in [3.8, 4) is 0 Å². The highest BCUT2D eigenvalue weighted by Crippen LogP contribution is 2.21. The molecule has 0 spiro atoms. The van der Waals surface area contributed by atoms with E-state index in [1.54, 1.807) is 28.6 Å². The molecule has 0 amide bonds. The van der Waals surface area contributed by atoms with E-state index in [4.69, 9.17) is 11.6 Å². The molecule has 0 unspecified atom stereocenters. The zero-order valence-electron chi connectivity index (χ0n) is 15.5. The first-order chi connectivity index (χ1) is 12.9. The summed E-state index contributed by atoms with van der Waals surface area (Å²) >= 11 is 5.96. The van der Waals surface area contributed by atoms with Crippen molar-refractivity contribution in [3.05, 3.63) is 46.7 Å². The normalized spacial score (nSPS) is 15.7. The van der Waals surface area contributed by atoms with Crippen LogP contribution in [0.3, 0.4) is 0 Å². The third-order valence-corrected chi connectivity index (χ3v) is 6.46. The van der Waals surface area contributed by atoms with Gasteiger partial charge in [0.2, 0.25) is 10.0 Å². The van der Waals surface area contributed by atoms with E-state index in [1.807, 2.05) is 19.9 Å². The number of halogens is 1. The number of aryl methyl sites for hydroxylation is 1. The Labute approximate surface area is 165 Å². The summed E-state index contributed by atoms with van der Waals surface area (Å²) < 4.78 is 27.0. The molecule has 1 saturated heterocycles. The van der Waals surface area contributed by atoms with Crippen LogP contribution in [0.4, 0.5) is 11.6 Å². The van der Waals surface area contributed by atoms with Crippen LogP contribution >= 0.6 is 11.6 Å². The Morgan fingerprint density at radius 3 is 2.56 bits per heavy atom. The summed E-state index contributed by atoms with van der Waals surface area (Å²) in [6.45, 7) is 6.71. The molecule has 2 heterocycles. The van der Waals surface area contributed by atoms with E-state index in [9.17, 15) is 8.42 Å². The molecule has 1 aromatic heterocycles. The summed E-state index contributed by atoms with van der Waals surface area (Å²) in [5, 5.41) is 3.74. The zero-order valence-corrected chi connectivity index (χ0v) is 17.1. The molecule has 1 fully saturated rings. The number of nitrogens with one attached hydrogen (secondary N) is 1.